The summed E-state index contributed by atoms with van der Waals surface area (Å²) in [7, 11) is 0. The van der Waals surface area contributed by atoms with Crippen LogP contribution in [0, 0.1) is 0 Å². The minimum atomic E-state index is -1.03. The van der Waals surface area contributed by atoms with E-state index < -0.39 is 18.4 Å². The highest BCUT2D eigenvalue weighted by Crippen LogP contribution is 2.33. The molecule has 1 saturated heterocycles. The van der Waals surface area contributed by atoms with Gasteiger partial charge in [-0.3, -0.25) is 0 Å². The third kappa shape index (κ3) is 3.32. The number of aliphatic hydroxyl groups excluding tert-OH is 2. The normalized spacial score (nSPS) is 22.5. The number of aliphatic hydroxyl groups is 2. The lowest BCUT2D eigenvalue weighted by atomic mass is 10.1. The summed E-state index contributed by atoms with van der Waals surface area (Å²) in [4.78, 5) is 0. The maximum Gasteiger partial charge on any atom is 0.178 e. The molecule has 0 radical (unpaired) electrons. The molecule has 1 aliphatic rings. The lowest BCUT2D eigenvalue weighted by molar-refractivity contribution is -0.0255. The number of ether oxygens (including phenoxy) is 1. The van der Waals surface area contributed by atoms with Crippen LogP contribution >= 0.6 is 11.6 Å². The molecule has 1 aromatic heterocycles. The summed E-state index contributed by atoms with van der Waals surface area (Å²) in [6.07, 6.45) is -0.920. The van der Waals surface area contributed by atoms with Crippen LogP contribution in [0.25, 0.3) is 11.3 Å². The zero-order valence-electron chi connectivity index (χ0n) is 13.8. The molecular formula is C19H18ClN3O3. The Hall–Kier alpha value is -2.38. The monoisotopic (exact) mass is 371 g/mol. The molecule has 0 bridgehead atoms. The molecule has 1 aliphatic heterocycles. The maximum absolute atomic E-state index is 10.1. The van der Waals surface area contributed by atoms with E-state index >= 15 is 0 Å². The fourth-order valence-corrected chi connectivity index (χ4v) is 3.05. The van der Waals surface area contributed by atoms with E-state index in [9.17, 15) is 10.2 Å². The third-order valence-corrected chi connectivity index (χ3v) is 4.54. The van der Waals surface area contributed by atoms with Crippen molar-refractivity contribution in [2.75, 3.05) is 11.9 Å². The molecule has 0 unspecified atom stereocenters. The van der Waals surface area contributed by atoms with Crippen molar-refractivity contribution in [2.24, 2.45) is 0 Å². The summed E-state index contributed by atoms with van der Waals surface area (Å²) in [6, 6.07) is 17.1. The predicted octanol–water partition coefficient (Wildman–Crippen LogP) is 3.20. The van der Waals surface area contributed by atoms with Crippen LogP contribution < -0.4 is 5.32 Å². The minimum absolute atomic E-state index is 0.0728. The molecule has 3 aromatic rings. The van der Waals surface area contributed by atoms with Gasteiger partial charge in [-0.1, -0.05) is 41.9 Å². The van der Waals surface area contributed by atoms with Gasteiger partial charge in [-0.2, -0.15) is 5.10 Å². The molecule has 0 saturated carbocycles. The smallest absolute Gasteiger partial charge is 0.178 e. The first-order valence-corrected chi connectivity index (χ1v) is 8.64. The number of aromatic nitrogens is 2. The van der Waals surface area contributed by atoms with Crippen LogP contribution in [0.1, 0.15) is 6.23 Å². The third-order valence-electron chi connectivity index (χ3n) is 4.29. The quantitative estimate of drug-likeness (QED) is 0.656. The van der Waals surface area contributed by atoms with Gasteiger partial charge in [0.15, 0.2) is 6.23 Å². The lowest BCUT2D eigenvalue weighted by Crippen LogP contribution is -2.28. The number of rotatable bonds is 4. The Kier molecular flexibility index (Phi) is 4.65. The second kappa shape index (κ2) is 7.09. The largest absolute Gasteiger partial charge is 0.388 e. The molecule has 3 atom stereocenters. The first-order chi connectivity index (χ1) is 12.6. The first-order valence-electron chi connectivity index (χ1n) is 8.27. The Morgan fingerprint density at radius 2 is 1.81 bits per heavy atom. The summed E-state index contributed by atoms with van der Waals surface area (Å²) in [5.41, 5.74) is 3.24. The van der Waals surface area contributed by atoms with Gasteiger partial charge in [0.05, 0.1) is 18.5 Å². The number of nitrogens with one attached hydrogen (secondary N) is 1. The fourth-order valence-electron chi connectivity index (χ4n) is 2.93. The molecule has 4 rings (SSSR count). The number of para-hydroxylation sites is 1. The highest BCUT2D eigenvalue weighted by atomic mass is 35.5. The number of hydrogen-bond donors (Lipinski definition) is 3. The Bertz CT molecular complexity index is 883. The van der Waals surface area contributed by atoms with E-state index in [0.29, 0.717) is 10.7 Å². The number of halogens is 1. The van der Waals surface area contributed by atoms with Crippen molar-refractivity contribution in [3.8, 4) is 11.3 Å². The van der Waals surface area contributed by atoms with E-state index in [-0.39, 0.29) is 6.61 Å². The summed E-state index contributed by atoms with van der Waals surface area (Å²) >= 11 is 5.99. The Morgan fingerprint density at radius 3 is 2.46 bits per heavy atom. The molecule has 2 heterocycles. The first kappa shape index (κ1) is 17.1. The van der Waals surface area contributed by atoms with Gasteiger partial charge in [-0.15, -0.1) is 0 Å². The van der Waals surface area contributed by atoms with E-state index in [2.05, 4.69) is 10.4 Å². The SMILES string of the molecule is O[C@@H]1[C@H](O)CO[C@H]1n1cc(Nc2ccccc2)c(-c2ccc(Cl)cc2)n1. The van der Waals surface area contributed by atoms with E-state index in [1.165, 1.54) is 4.68 Å². The van der Waals surface area contributed by atoms with E-state index in [1.54, 1.807) is 18.3 Å². The van der Waals surface area contributed by atoms with Gasteiger partial charge in [0, 0.05) is 16.3 Å². The Labute approximate surface area is 155 Å². The van der Waals surface area contributed by atoms with E-state index in [1.807, 2.05) is 42.5 Å². The number of anilines is 2. The van der Waals surface area contributed by atoms with Crippen molar-refractivity contribution in [2.45, 2.75) is 18.4 Å². The second-order valence-electron chi connectivity index (χ2n) is 6.15. The van der Waals surface area contributed by atoms with Gasteiger partial charge >= 0.3 is 0 Å². The highest BCUT2D eigenvalue weighted by molar-refractivity contribution is 6.30. The molecular weight excluding hydrogens is 354 g/mol. The number of benzene rings is 2. The van der Waals surface area contributed by atoms with E-state index in [0.717, 1.165) is 16.9 Å². The summed E-state index contributed by atoms with van der Waals surface area (Å²) < 4.78 is 7.03. The average molecular weight is 372 g/mol. The molecule has 26 heavy (non-hydrogen) atoms. The van der Waals surface area contributed by atoms with Gasteiger partial charge < -0.3 is 20.3 Å². The van der Waals surface area contributed by atoms with Gasteiger partial charge in [-0.05, 0) is 24.3 Å². The highest BCUT2D eigenvalue weighted by Gasteiger charge is 2.37. The average Bonchev–Trinajstić information content (AvgIpc) is 3.20. The van der Waals surface area contributed by atoms with Crippen molar-refractivity contribution in [1.29, 1.82) is 0 Å². The summed E-state index contributed by atoms with van der Waals surface area (Å²) in [5, 5.41) is 28.4. The fraction of sp³-hybridized carbons (Fsp3) is 0.211. The summed E-state index contributed by atoms with van der Waals surface area (Å²) in [5.74, 6) is 0. The van der Waals surface area contributed by atoms with Crippen LogP contribution in [-0.2, 0) is 4.74 Å². The summed E-state index contributed by atoms with van der Waals surface area (Å²) in [6.45, 7) is 0.0728. The second-order valence-corrected chi connectivity index (χ2v) is 6.59. The standard InChI is InChI=1S/C19H18ClN3O3/c20-13-8-6-12(7-9-13)17-15(21-14-4-2-1-3-5-14)10-23(22-17)19-18(25)16(24)11-26-19/h1-10,16,18-19,21,24-25H,11H2/t16-,18-,19-/m1/s1. The van der Waals surface area contributed by atoms with E-state index in [4.69, 9.17) is 16.3 Å². The van der Waals surface area contributed by atoms with Gasteiger partial charge in [0.2, 0.25) is 0 Å². The predicted molar refractivity (Wildman–Crippen MR) is 99.4 cm³/mol. The topological polar surface area (TPSA) is 79.5 Å². The zero-order valence-corrected chi connectivity index (χ0v) is 14.5. The lowest BCUT2D eigenvalue weighted by Gasteiger charge is -2.14. The Morgan fingerprint density at radius 1 is 1.08 bits per heavy atom. The number of nitrogens with zero attached hydrogens (tertiary/aromatic N) is 2. The van der Waals surface area contributed by atoms with Crippen molar-refractivity contribution in [3.63, 3.8) is 0 Å². The van der Waals surface area contributed by atoms with Crippen molar-refractivity contribution in [1.82, 2.24) is 9.78 Å². The molecule has 2 aromatic carbocycles. The molecule has 1 fully saturated rings. The minimum Gasteiger partial charge on any atom is -0.388 e. The molecule has 0 spiro atoms. The molecule has 6 nitrogen and oxygen atoms in total. The van der Waals surface area contributed by atoms with Gasteiger partial charge in [-0.25, -0.2) is 4.68 Å². The van der Waals surface area contributed by atoms with Gasteiger partial charge in [0.1, 0.15) is 17.9 Å². The Balaban J connectivity index is 1.73. The van der Waals surface area contributed by atoms with Crippen molar-refractivity contribution in [3.05, 3.63) is 65.8 Å². The van der Waals surface area contributed by atoms with Crippen LogP contribution in [0.15, 0.2) is 60.8 Å². The van der Waals surface area contributed by atoms with Crippen molar-refractivity contribution >= 4 is 23.0 Å². The van der Waals surface area contributed by atoms with Crippen LogP contribution in [-0.4, -0.2) is 38.8 Å². The molecule has 0 aliphatic carbocycles. The van der Waals surface area contributed by atoms with Gasteiger partial charge in [0.25, 0.3) is 0 Å². The van der Waals surface area contributed by atoms with Crippen LogP contribution in [0.5, 0.6) is 0 Å². The van der Waals surface area contributed by atoms with Crippen LogP contribution in [0.3, 0.4) is 0 Å². The molecule has 7 heteroatoms. The molecule has 0 amide bonds. The van der Waals surface area contributed by atoms with Crippen LogP contribution in [0.4, 0.5) is 11.4 Å². The molecule has 3 N–H and O–H groups in total. The van der Waals surface area contributed by atoms with Crippen LogP contribution in [0.2, 0.25) is 5.02 Å². The number of hydrogen-bond acceptors (Lipinski definition) is 5. The maximum atomic E-state index is 10.1. The van der Waals surface area contributed by atoms with Crippen molar-refractivity contribution < 1.29 is 14.9 Å². The molecule has 134 valence electrons. The zero-order chi connectivity index (χ0) is 18.1.